The van der Waals surface area contributed by atoms with Crippen molar-refractivity contribution in [2.45, 2.75) is 6.54 Å². The van der Waals surface area contributed by atoms with Crippen molar-refractivity contribution in [3.8, 4) is 0 Å². The summed E-state index contributed by atoms with van der Waals surface area (Å²) in [5.41, 5.74) is 6.18. The topological polar surface area (TPSA) is 102 Å². The Morgan fingerprint density at radius 1 is 1.62 bits per heavy atom. The van der Waals surface area contributed by atoms with Gasteiger partial charge < -0.3 is 15.6 Å². The number of carbonyl (C=O) groups excluding carboxylic acids is 1. The largest absolute Gasteiger partial charge is 0.396 e. The molecule has 0 unspecified atom stereocenters. The second kappa shape index (κ2) is 4.47. The summed E-state index contributed by atoms with van der Waals surface area (Å²) in [5.74, 6) is -0.255. The molecule has 1 amide bonds. The minimum Gasteiger partial charge on any atom is -0.396 e. The van der Waals surface area contributed by atoms with Crippen LogP contribution in [0.25, 0.3) is 0 Å². The van der Waals surface area contributed by atoms with E-state index in [-0.39, 0.29) is 5.91 Å². The van der Waals surface area contributed by atoms with Gasteiger partial charge >= 0.3 is 0 Å². The molecule has 0 spiro atoms. The number of nitrogens with zero attached hydrogens (tertiary/aromatic N) is 3. The highest BCUT2D eigenvalue weighted by Crippen LogP contribution is 2.04. The minimum atomic E-state index is -0.255. The molecule has 0 fully saturated rings. The summed E-state index contributed by atoms with van der Waals surface area (Å²) < 4.78 is 1.87. The van der Waals surface area contributed by atoms with E-state index in [1.54, 1.807) is 12.5 Å². The van der Waals surface area contributed by atoms with E-state index in [1.165, 1.54) is 6.20 Å². The summed E-state index contributed by atoms with van der Waals surface area (Å²) in [5, 5.41) is 8.94. The molecule has 0 radical (unpaired) electrons. The molecule has 0 aliphatic rings. The van der Waals surface area contributed by atoms with Gasteiger partial charge in [0.25, 0.3) is 5.91 Å². The number of aromatic nitrogens is 4. The van der Waals surface area contributed by atoms with Crippen molar-refractivity contribution in [3.63, 3.8) is 0 Å². The van der Waals surface area contributed by atoms with Crippen LogP contribution in [0.2, 0.25) is 0 Å². The fourth-order valence-electron chi connectivity index (χ4n) is 1.28. The lowest BCUT2D eigenvalue weighted by Gasteiger charge is -2.04. The molecule has 0 bridgehead atoms. The van der Waals surface area contributed by atoms with E-state index in [4.69, 9.17) is 5.73 Å². The Labute approximate surface area is 91.7 Å². The highest BCUT2D eigenvalue weighted by atomic mass is 16.1. The fourth-order valence-corrected chi connectivity index (χ4v) is 1.28. The molecule has 0 aliphatic heterocycles. The van der Waals surface area contributed by atoms with E-state index >= 15 is 0 Å². The fraction of sp³-hybridized carbons (Fsp3) is 0.222. The molecule has 2 aromatic rings. The molecule has 0 saturated heterocycles. The number of carbonyl (C=O) groups is 1. The first-order valence-electron chi connectivity index (χ1n) is 4.80. The molecule has 0 aliphatic carbocycles. The van der Waals surface area contributed by atoms with Gasteiger partial charge in [-0.15, -0.1) is 0 Å². The molecule has 2 rings (SSSR count). The van der Waals surface area contributed by atoms with Gasteiger partial charge in [0.1, 0.15) is 5.69 Å². The minimum absolute atomic E-state index is 0.255. The number of nitrogens with two attached hydrogens (primary N) is 1. The van der Waals surface area contributed by atoms with Crippen LogP contribution >= 0.6 is 0 Å². The molecular weight excluding hydrogens is 208 g/mol. The number of aromatic amines is 1. The molecular formula is C9H12N6O. The first-order chi connectivity index (χ1) is 7.77. The van der Waals surface area contributed by atoms with Gasteiger partial charge in [-0.2, -0.15) is 5.10 Å². The number of anilines is 1. The summed E-state index contributed by atoms with van der Waals surface area (Å²) in [4.78, 5) is 15.5. The van der Waals surface area contributed by atoms with Gasteiger partial charge in [0.05, 0.1) is 18.2 Å². The molecule has 0 atom stereocenters. The standard InChI is InChI=1S/C9H12N6O/c10-7-5-13-14-8(7)9(16)12-2-4-15-3-1-11-6-15/h1,3,5-6H,2,4,10H2,(H,12,16)(H,13,14). The number of rotatable bonds is 4. The van der Waals surface area contributed by atoms with Crippen LogP contribution in [0.4, 0.5) is 5.69 Å². The quantitative estimate of drug-likeness (QED) is 0.653. The van der Waals surface area contributed by atoms with Crippen molar-refractivity contribution >= 4 is 11.6 Å². The monoisotopic (exact) mass is 220 g/mol. The number of H-pyrrole nitrogens is 1. The summed E-state index contributed by atoms with van der Waals surface area (Å²) in [6.45, 7) is 1.17. The Morgan fingerprint density at radius 2 is 2.50 bits per heavy atom. The molecule has 4 N–H and O–H groups in total. The average molecular weight is 220 g/mol. The van der Waals surface area contributed by atoms with Crippen LogP contribution in [-0.2, 0) is 6.54 Å². The molecule has 0 saturated carbocycles. The maximum absolute atomic E-state index is 11.6. The smallest absolute Gasteiger partial charge is 0.271 e. The first kappa shape index (κ1) is 10.2. The van der Waals surface area contributed by atoms with E-state index in [0.717, 1.165) is 0 Å². The molecule has 0 aromatic carbocycles. The van der Waals surface area contributed by atoms with Gasteiger partial charge in [0.15, 0.2) is 0 Å². The van der Waals surface area contributed by atoms with Gasteiger partial charge in [-0.1, -0.05) is 0 Å². The summed E-state index contributed by atoms with van der Waals surface area (Å²) in [7, 11) is 0. The Balaban J connectivity index is 1.83. The van der Waals surface area contributed by atoms with E-state index in [0.29, 0.717) is 24.5 Å². The number of hydrogen-bond acceptors (Lipinski definition) is 4. The van der Waals surface area contributed by atoms with Crippen LogP contribution in [0.3, 0.4) is 0 Å². The second-order valence-electron chi connectivity index (χ2n) is 3.26. The van der Waals surface area contributed by atoms with Gasteiger partial charge in [0, 0.05) is 25.5 Å². The summed E-state index contributed by atoms with van der Waals surface area (Å²) >= 11 is 0. The van der Waals surface area contributed by atoms with Crippen molar-refractivity contribution < 1.29 is 4.79 Å². The van der Waals surface area contributed by atoms with Crippen LogP contribution in [0.1, 0.15) is 10.5 Å². The molecule has 2 aromatic heterocycles. The van der Waals surface area contributed by atoms with Crippen LogP contribution < -0.4 is 11.1 Å². The lowest BCUT2D eigenvalue weighted by atomic mass is 10.3. The zero-order chi connectivity index (χ0) is 11.4. The Bertz CT molecular complexity index is 460. The van der Waals surface area contributed by atoms with Crippen LogP contribution in [0.15, 0.2) is 24.9 Å². The van der Waals surface area contributed by atoms with Gasteiger partial charge in [-0.3, -0.25) is 9.89 Å². The maximum atomic E-state index is 11.6. The highest BCUT2D eigenvalue weighted by molar-refractivity contribution is 5.96. The molecule has 2 heterocycles. The molecule has 84 valence electrons. The lowest BCUT2D eigenvalue weighted by Crippen LogP contribution is -2.27. The van der Waals surface area contributed by atoms with Crippen molar-refractivity contribution in [2.75, 3.05) is 12.3 Å². The number of imidazole rings is 1. The Morgan fingerprint density at radius 3 is 3.12 bits per heavy atom. The third-order valence-electron chi connectivity index (χ3n) is 2.11. The first-order valence-corrected chi connectivity index (χ1v) is 4.80. The summed E-state index contributed by atoms with van der Waals surface area (Å²) in [6, 6.07) is 0. The zero-order valence-electron chi connectivity index (χ0n) is 8.55. The van der Waals surface area contributed by atoms with Gasteiger partial charge in [0.2, 0.25) is 0 Å². The number of nitrogens with one attached hydrogen (secondary N) is 2. The van der Waals surface area contributed by atoms with E-state index in [9.17, 15) is 4.79 Å². The Hall–Kier alpha value is -2.31. The van der Waals surface area contributed by atoms with E-state index in [1.807, 2.05) is 10.8 Å². The predicted octanol–water partition coefficient (Wildman–Crippen LogP) is -0.382. The Kier molecular flexibility index (Phi) is 2.86. The van der Waals surface area contributed by atoms with E-state index < -0.39 is 0 Å². The lowest BCUT2D eigenvalue weighted by molar-refractivity contribution is 0.0948. The molecule has 16 heavy (non-hydrogen) atoms. The average Bonchev–Trinajstić information content (AvgIpc) is 2.88. The van der Waals surface area contributed by atoms with Gasteiger partial charge in [-0.25, -0.2) is 4.98 Å². The molecule has 7 heteroatoms. The SMILES string of the molecule is Nc1cn[nH]c1C(=O)NCCn1ccnc1. The number of hydrogen-bond donors (Lipinski definition) is 3. The predicted molar refractivity (Wildman–Crippen MR) is 57.6 cm³/mol. The normalized spacial score (nSPS) is 10.2. The van der Waals surface area contributed by atoms with Crippen molar-refractivity contribution in [1.29, 1.82) is 0 Å². The third kappa shape index (κ3) is 2.19. The van der Waals surface area contributed by atoms with E-state index in [2.05, 4.69) is 20.5 Å². The highest BCUT2D eigenvalue weighted by Gasteiger charge is 2.10. The number of nitrogen functional groups attached to an aromatic ring is 1. The van der Waals surface area contributed by atoms with Gasteiger partial charge in [-0.05, 0) is 0 Å². The third-order valence-corrected chi connectivity index (χ3v) is 2.11. The zero-order valence-corrected chi connectivity index (χ0v) is 8.55. The molecule has 7 nitrogen and oxygen atoms in total. The van der Waals surface area contributed by atoms with Crippen molar-refractivity contribution in [2.24, 2.45) is 0 Å². The van der Waals surface area contributed by atoms with Crippen molar-refractivity contribution in [3.05, 3.63) is 30.6 Å². The summed E-state index contributed by atoms with van der Waals surface area (Å²) in [6.07, 6.45) is 6.62. The van der Waals surface area contributed by atoms with Crippen molar-refractivity contribution in [1.82, 2.24) is 25.1 Å². The second-order valence-corrected chi connectivity index (χ2v) is 3.26. The maximum Gasteiger partial charge on any atom is 0.271 e. The van der Waals surface area contributed by atoms with Crippen LogP contribution in [-0.4, -0.2) is 32.2 Å². The number of amides is 1. The van der Waals surface area contributed by atoms with Crippen LogP contribution in [0.5, 0.6) is 0 Å². The van der Waals surface area contributed by atoms with Crippen LogP contribution in [0, 0.1) is 0 Å².